The fourth-order valence-corrected chi connectivity index (χ4v) is 0.443. The van der Waals surface area contributed by atoms with Crippen LogP contribution in [0.25, 0.3) is 0 Å². The van der Waals surface area contributed by atoms with Crippen LogP contribution in [0.3, 0.4) is 0 Å². The molecule has 0 bridgehead atoms. The maximum absolute atomic E-state index is 10.6. The highest BCUT2D eigenvalue weighted by Gasteiger charge is 1.94. The zero-order chi connectivity index (χ0) is 8.53. The van der Waals surface area contributed by atoms with Gasteiger partial charge in [0.1, 0.15) is 13.2 Å². The van der Waals surface area contributed by atoms with E-state index in [9.17, 15) is 4.79 Å². The van der Waals surface area contributed by atoms with Crippen molar-refractivity contribution < 1.29 is 14.6 Å². The second-order valence-corrected chi connectivity index (χ2v) is 1.72. The molecule has 0 heterocycles. The van der Waals surface area contributed by atoms with Crippen LogP contribution in [0.15, 0.2) is 0 Å². The van der Waals surface area contributed by atoms with E-state index in [1.165, 1.54) is 7.11 Å². The van der Waals surface area contributed by atoms with Gasteiger partial charge in [-0.3, -0.25) is 4.79 Å². The molecule has 2 N–H and O–H groups in total. The third kappa shape index (κ3) is 6.84. The second kappa shape index (κ2) is 7.06. The molecule has 4 heteroatoms. The molecule has 0 saturated carbocycles. The molecule has 0 aliphatic carbocycles. The summed E-state index contributed by atoms with van der Waals surface area (Å²) in [5, 5.41) is 10.7. The molecule has 0 unspecified atom stereocenters. The van der Waals surface area contributed by atoms with Crippen LogP contribution in [-0.4, -0.2) is 37.9 Å². The first kappa shape index (κ1) is 9.95. The Morgan fingerprint density at radius 2 is 2.36 bits per heavy atom. The molecule has 62 valence electrons. The molecule has 0 aliphatic rings. The summed E-state index contributed by atoms with van der Waals surface area (Å²) < 4.78 is 4.55. The van der Waals surface area contributed by atoms with Crippen LogP contribution in [0.5, 0.6) is 0 Å². The summed E-state index contributed by atoms with van der Waals surface area (Å²) in [6.07, 6.45) is 0. The molecule has 0 spiro atoms. The third-order valence-electron chi connectivity index (χ3n) is 0.853. The van der Waals surface area contributed by atoms with Crippen molar-refractivity contribution in [2.24, 2.45) is 0 Å². The van der Waals surface area contributed by atoms with Crippen LogP contribution >= 0.6 is 0 Å². The first-order valence-corrected chi connectivity index (χ1v) is 3.13. The fourth-order valence-electron chi connectivity index (χ4n) is 0.443. The number of hydrogen-bond donors (Lipinski definition) is 2. The van der Waals surface area contributed by atoms with Gasteiger partial charge in [-0.15, -0.1) is 0 Å². The largest absolute Gasteiger partial charge is 0.384 e. The predicted molar refractivity (Wildman–Crippen MR) is 39.7 cm³/mol. The molecule has 0 aromatic rings. The summed E-state index contributed by atoms with van der Waals surface area (Å²) in [7, 11) is 1.44. The lowest BCUT2D eigenvalue weighted by Gasteiger charge is -1.97. The van der Waals surface area contributed by atoms with Gasteiger partial charge in [0, 0.05) is 7.11 Å². The van der Waals surface area contributed by atoms with Gasteiger partial charge in [0.15, 0.2) is 0 Å². The van der Waals surface area contributed by atoms with Crippen molar-refractivity contribution in [2.45, 2.75) is 0 Å². The summed E-state index contributed by atoms with van der Waals surface area (Å²) in [6, 6.07) is 0. The molecule has 0 rings (SSSR count). The standard InChI is InChI=1S/C7H11NO3/c1-11-6-7(10)8-4-2-3-5-9/h9H,4-6H2,1H3,(H,8,10). The number of hydrogen-bond acceptors (Lipinski definition) is 3. The molecular weight excluding hydrogens is 146 g/mol. The molecule has 0 aliphatic heterocycles. The minimum Gasteiger partial charge on any atom is -0.384 e. The summed E-state index contributed by atoms with van der Waals surface area (Å²) in [6.45, 7) is 0.115. The first-order chi connectivity index (χ1) is 5.31. The normalized spacial score (nSPS) is 8.18. The highest BCUT2D eigenvalue weighted by Crippen LogP contribution is 1.67. The number of methoxy groups -OCH3 is 1. The van der Waals surface area contributed by atoms with E-state index in [4.69, 9.17) is 5.11 Å². The molecule has 0 radical (unpaired) electrons. The number of rotatable bonds is 3. The first-order valence-electron chi connectivity index (χ1n) is 3.13. The lowest BCUT2D eigenvalue weighted by Crippen LogP contribution is -2.27. The zero-order valence-electron chi connectivity index (χ0n) is 6.39. The Kier molecular flexibility index (Phi) is 6.39. The Balaban J connectivity index is 3.31. The quantitative estimate of drug-likeness (QED) is 0.503. The van der Waals surface area contributed by atoms with E-state index in [2.05, 4.69) is 21.9 Å². The topological polar surface area (TPSA) is 58.6 Å². The molecule has 0 aromatic heterocycles. The minimum atomic E-state index is -0.209. The van der Waals surface area contributed by atoms with Gasteiger partial charge in [0.2, 0.25) is 5.91 Å². The maximum atomic E-state index is 10.6. The Labute approximate surface area is 65.5 Å². The highest BCUT2D eigenvalue weighted by atomic mass is 16.5. The SMILES string of the molecule is COCC(=O)NCC#CCO. The zero-order valence-corrected chi connectivity index (χ0v) is 6.39. The number of carbonyl (C=O) groups is 1. The molecule has 1 amide bonds. The van der Waals surface area contributed by atoms with Crippen molar-refractivity contribution in [2.75, 3.05) is 26.9 Å². The van der Waals surface area contributed by atoms with E-state index in [0.717, 1.165) is 0 Å². The number of aliphatic hydroxyl groups is 1. The Bertz CT molecular complexity index is 168. The lowest BCUT2D eigenvalue weighted by atomic mass is 10.5. The van der Waals surface area contributed by atoms with E-state index >= 15 is 0 Å². The predicted octanol–water partition coefficient (Wildman–Crippen LogP) is -1.26. The Morgan fingerprint density at radius 1 is 1.64 bits per heavy atom. The van der Waals surface area contributed by atoms with Gasteiger partial charge in [-0.25, -0.2) is 0 Å². The molecular formula is C7H11NO3. The van der Waals surface area contributed by atoms with E-state index in [0.29, 0.717) is 0 Å². The van der Waals surface area contributed by atoms with Crippen molar-refractivity contribution in [3.05, 3.63) is 0 Å². The Hall–Kier alpha value is -1.05. The van der Waals surface area contributed by atoms with Gasteiger partial charge >= 0.3 is 0 Å². The van der Waals surface area contributed by atoms with E-state index in [1.807, 2.05) is 0 Å². The van der Waals surface area contributed by atoms with Gasteiger partial charge < -0.3 is 15.2 Å². The van der Waals surface area contributed by atoms with Gasteiger partial charge in [-0.2, -0.15) is 0 Å². The number of ether oxygens (including phenoxy) is 1. The van der Waals surface area contributed by atoms with E-state index in [1.54, 1.807) is 0 Å². The van der Waals surface area contributed by atoms with E-state index < -0.39 is 0 Å². The van der Waals surface area contributed by atoms with Crippen molar-refractivity contribution in [3.8, 4) is 11.8 Å². The highest BCUT2D eigenvalue weighted by molar-refractivity contribution is 5.77. The minimum absolute atomic E-state index is 0.0425. The van der Waals surface area contributed by atoms with Crippen LogP contribution in [0.4, 0.5) is 0 Å². The molecule has 4 nitrogen and oxygen atoms in total. The smallest absolute Gasteiger partial charge is 0.246 e. The monoisotopic (exact) mass is 157 g/mol. The van der Waals surface area contributed by atoms with Gasteiger partial charge in [0.25, 0.3) is 0 Å². The van der Waals surface area contributed by atoms with Gasteiger partial charge in [-0.05, 0) is 0 Å². The second-order valence-electron chi connectivity index (χ2n) is 1.72. The van der Waals surface area contributed by atoms with E-state index in [-0.39, 0.29) is 25.7 Å². The maximum Gasteiger partial charge on any atom is 0.246 e. The van der Waals surface area contributed by atoms with Crippen molar-refractivity contribution in [1.82, 2.24) is 5.32 Å². The van der Waals surface area contributed by atoms with Crippen LogP contribution in [-0.2, 0) is 9.53 Å². The van der Waals surface area contributed by atoms with Crippen molar-refractivity contribution in [3.63, 3.8) is 0 Å². The fraction of sp³-hybridized carbons (Fsp3) is 0.571. The molecule has 0 fully saturated rings. The lowest BCUT2D eigenvalue weighted by molar-refractivity contribution is -0.124. The molecule has 11 heavy (non-hydrogen) atoms. The van der Waals surface area contributed by atoms with Crippen LogP contribution < -0.4 is 5.32 Å². The summed E-state index contributed by atoms with van der Waals surface area (Å²) in [5.74, 6) is 4.72. The van der Waals surface area contributed by atoms with Gasteiger partial charge in [0.05, 0.1) is 6.54 Å². The average molecular weight is 157 g/mol. The third-order valence-corrected chi connectivity index (χ3v) is 0.853. The molecule has 0 saturated heterocycles. The summed E-state index contributed by atoms with van der Waals surface area (Å²) in [5.41, 5.74) is 0. The molecule has 0 aromatic carbocycles. The number of carbonyl (C=O) groups excluding carboxylic acids is 1. The average Bonchev–Trinajstić information content (AvgIpc) is 1.99. The summed E-state index contributed by atoms with van der Waals surface area (Å²) >= 11 is 0. The number of nitrogens with one attached hydrogen (secondary N) is 1. The number of amides is 1. The molecule has 0 atom stereocenters. The van der Waals surface area contributed by atoms with Crippen molar-refractivity contribution >= 4 is 5.91 Å². The Morgan fingerprint density at radius 3 is 2.91 bits per heavy atom. The van der Waals surface area contributed by atoms with Crippen LogP contribution in [0.2, 0.25) is 0 Å². The van der Waals surface area contributed by atoms with Crippen LogP contribution in [0, 0.1) is 11.8 Å². The summed E-state index contributed by atoms with van der Waals surface area (Å²) in [4.78, 5) is 10.6. The number of aliphatic hydroxyl groups excluding tert-OH is 1. The van der Waals surface area contributed by atoms with Crippen molar-refractivity contribution in [1.29, 1.82) is 0 Å². The van der Waals surface area contributed by atoms with Crippen LogP contribution in [0.1, 0.15) is 0 Å². The van der Waals surface area contributed by atoms with Gasteiger partial charge in [-0.1, -0.05) is 11.8 Å².